The summed E-state index contributed by atoms with van der Waals surface area (Å²) in [4.78, 5) is -0.306. The van der Waals surface area contributed by atoms with E-state index in [0.29, 0.717) is 5.92 Å². The molecule has 1 aliphatic carbocycles. The van der Waals surface area contributed by atoms with Gasteiger partial charge in [0, 0.05) is 19.6 Å². The minimum atomic E-state index is -4.60. The first-order chi connectivity index (χ1) is 13.5. The summed E-state index contributed by atoms with van der Waals surface area (Å²) in [5, 5.41) is 4.52. The van der Waals surface area contributed by atoms with E-state index in [-0.39, 0.29) is 24.3 Å². The highest BCUT2D eigenvalue weighted by Gasteiger charge is 2.46. The number of halogens is 3. The van der Waals surface area contributed by atoms with Crippen LogP contribution in [0.3, 0.4) is 0 Å². The Morgan fingerprint density at radius 3 is 2.62 bits per heavy atom. The summed E-state index contributed by atoms with van der Waals surface area (Å²) in [6, 6.07) is 5.93. The Balaban J connectivity index is 1.65. The minimum absolute atomic E-state index is 0.162. The van der Waals surface area contributed by atoms with E-state index in [0.717, 1.165) is 42.4 Å². The molecule has 2 atom stereocenters. The van der Waals surface area contributed by atoms with Gasteiger partial charge >= 0.3 is 6.18 Å². The van der Waals surface area contributed by atoms with Crippen molar-refractivity contribution in [3.63, 3.8) is 0 Å². The molecule has 1 saturated heterocycles. The van der Waals surface area contributed by atoms with Crippen molar-refractivity contribution < 1.29 is 26.3 Å². The molecule has 0 radical (unpaired) electrons. The normalized spacial score (nSPS) is 25.9. The first kappa shape index (κ1) is 20.4. The van der Waals surface area contributed by atoms with Gasteiger partial charge in [-0.2, -0.15) is 18.3 Å². The first-order valence-electron chi connectivity index (χ1n) is 9.59. The van der Waals surface area contributed by atoms with Crippen LogP contribution in [0.2, 0.25) is 0 Å². The fourth-order valence-corrected chi connectivity index (χ4v) is 5.74. The summed E-state index contributed by atoms with van der Waals surface area (Å²) in [5.74, 6) is 0.457. The Morgan fingerprint density at radius 2 is 1.97 bits per heavy atom. The fourth-order valence-electron chi connectivity index (χ4n) is 3.91. The van der Waals surface area contributed by atoms with Crippen molar-refractivity contribution in [1.29, 1.82) is 0 Å². The lowest BCUT2D eigenvalue weighted by atomic mass is 9.94. The predicted octanol–water partition coefficient (Wildman–Crippen LogP) is 4.40. The zero-order valence-corrected chi connectivity index (χ0v) is 17.1. The molecule has 1 aromatic heterocycles. The Hall–Kier alpha value is -1.87. The third-order valence-electron chi connectivity index (χ3n) is 5.95. The van der Waals surface area contributed by atoms with Crippen molar-refractivity contribution in [1.82, 2.24) is 9.78 Å². The van der Waals surface area contributed by atoms with E-state index in [9.17, 15) is 21.6 Å². The average molecular weight is 428 g/mol. The standard InChI is InChI=1S/C20H23F3N2O3S/c1-19(29(26,27)15-5-3-4-14(10-15)20(21,22)23)8-9-28-18(12-19)17-11-16(13-6-7-13)24-25(17)2/h3-5,10-11,13,18H,6-9,12H2,1-2H3. The van der Waals surface area contributed by atoms with Crippen LogP contribution in [-0.2, 0) is 27.8 Å². The molecular formula is C20H23F3N2O3S. The van der Waals surface area contributed by atoms with Gasteiger partial charge in [0.15, 0.2) is 9.84 Å². The lowest BCUT2D eigenvalue weighted by Gasteiger charge is -2.37. The number of nitrogens with zero attached hydrogens (tertiary/aromatic N) is 2. The van der Waals surface area contributed by atoms with E-state index in [4.69, 9.17) is 4.74 Å². The van der Waals surface area contributed by atoms with Crippen LogP contribution in [0.4, 0.5) is 13.2 Å². The number of aryl methyl sites for hydroxylation is 1. The van der Waals surface area contributed by atoms with Crippen LogP contribution in [0, 0.1) is 0 Å². The van der Waals surface area contributed by atoms with Gasteiger partial charge in [-0.1, -0.05) is 6.07 Å². The van der Waals surface area contributed by atoms with Crippen molar-refractivity contribution in [2.24, 2.45) is 7.05 Å². The summed E-state index contributed by atoms with van der Waals surface area (Å²) in [5.41, 5.74) is 0.822. The van der Waals surface area contributed by atoms with Gasteiger partial charge in [0.25, 0.3) is 0 Å². The smallest absolute Gasteiger partial charge is 0.372 e. The SMILES string of the molecule is Cn1nc(C2CC2)cc1C1CC(C)(S(=O)(=O)c2cccc(C(F)(F)F)c2)CCO1. The van der Waals surface area contributed by atoms with E-state index < -0.39 is 32.4 Å². The Kier molecular flexibility index (Phi) is 4.81. The fraction of sp³-hybridized carbons (Fsp3) is 0.550. The molecule has 2 aromatic rings. The Morgan fingerprint density at radius 1 is 1.24 bits per heavy atom. The van der Waals surface area contributed by atoms with Crippen molar-refractivity contribution in [3.05, 3.63) is 47.3 Å². The molecule has 0 bridgehead atoms. The lowest BCUT2D eigenvalue weighted by molar-refractivity contribution is -0.137. The van der Waals surface area contributed by atoms with Crippen LogP contribution in [0.25, 0.3) is 0 Å². The van der Waals surface area contributed by atoms with Gasteiger partial charge in [0.2, 0.25) is 0 Å². The van der Waals surface area contributed by atoms with Crippen LogP contribution in [0.5, 0.6) is 0 Å². The zero-order chi connectivity index (χ0) is 21.0. The van der Waals surface area contributed by atoms with Gasteiger partial charge in [0.05, 0.1) is 26.6 Å². The highest BCUT2D eigenvalue weighted by Crippen LogP contribution is 2.44. The molecule has 2 aliphatic rings. The van der Waals surface area contributed by atoms with Gasteiger partial charge in [-0.05, 0) is 56.9 Å². The largest absolute Gasteiger partial charge is 0.416 e. The molecule has 4 rings (SSSR count). The van der Waals surface area contributed by atoms with Crippen LogP contribution in [0.15, 0.2) is 35.2 Å². The second-order valence-electron chi connectivity index (χ2n) is 8.18. The van der Waals surface area contributed by atoms with E-state index >= 15 is 0 Å². The molecule has 1 aliphatic heterocycles. The van der Waals surface area contributed by atoms with E-state index in [1.165, 1.54) is 6.07 Å². The average Bonchev–Trinajstić information content (AvgIpc) is 3.43. The number of aromatic nitrogens is 2. The molecule has 2 fully saturated rings. The van der Waals surface area contributed by atoms with Crippen molar-refractivity contribution in [2.75, 3.05) is 6.61 Å². The first-order valence-corrected chi connectivity index (χ1v) is 11.1. The van der Waals surface area contributed by atoms with E-state index in [2.05, 4.69) is 5.10 Å². The number of sulfone groups is 1. The molecule has 1 saturated carbocycles. The molecule has 2 heterocycles. The molecular weight excluding hydrogens is 405 g/mol. The maximum Gasteiger partial charge on any atom is 0.416 e. The number of hydrogen-bond donors (Lipinski definition) is 0. The number of alkyl halides is 3. The Bertz CT molecular complexity index is 1030. The second kappa shape index (κ2) is 6.84. The van der Waals surface area contributed by atoms with Crippen LogP contribution < -0.4 is 0 Å². The maximum atomic E-state index is 13.3. The third-order valence-corrected chi connectivity index (χ3v) is 8.49. The minimum Gasteiger partial charge on any atom is -0.372 e. The van der Waals surface area contributed by atoms with Gasteiger partial charge in [-0.25, -0.2) is 8.42 Å². The zero-order valence-electron chi connectivity index (χ0n) is 16.2. The van der Waals surface area contributed by atoms with Crippen LogP contribution in [0.1, 0.15) is 61.6 Å². The number of benzene rings is 1. The molecule has 2 unspecified atom stereocenters. The van der Waals surface area contributed by atoms with Gasteiger partial charge in [-0.15, -0.1) is 0 Å². The van der Waals surface area contributed by atoms with Crippen LogP contribution >= 0.6 is 0 Å². The third kappa shape index (κ3) is 3.70. The monoisotopic (exact) mass is 428 g/mol. The maximum absolute atomic E-state index is 13.3. The highest BCUT2D eigenvalue weighted by atomic mass is 32.2. The molecule has 158 valence electrons. The predicted molar refractivity (Wildman–Crippen MR) is 100 cm³/mol. The molecule has 0 spiro atoms. The number of hydrogen-bond acceptors (Lipinski definition) is 4. The summed E-state index contributed by atoms with van der Waals surface area (Å²) < 4.78 is 72.2. The lowest BCUT2D eigenvalue weighted by Crippen LogP contribution is -2.42. The number of ether oxygens (including phenoxy) is 1. The van der Waals surface area contributed by atoms with Crippen LogP contribution in [-0.4, -0.2) is 29.6 Å². The molecule has 29 heavy (non-hydrogen) atoms. The summed E-state index contributed by atoms with van der Waals surface area (Å²) in [7, 11) is -2.20. The number of rotatable bonds is 4. The van der Waals surface area contributed by atoms with Gasteiger partial charge < -0.3 is 4.74 Å². The summed E-state index contributed by atoms with van der Waals surface area (Å²) in [6.45, 7) is 1.81. The quantitative estimate of drug-likeness (QED) is 0.724. The summed E-state index contributed by atoms with van der Waals surface area (Å²) >= 11 is 0. The highest BCUT2D eigenvalue weighted by molar-refractivity contribution is 7.92. The molecule has 1 aromatic carbocycles. The molecule has 5 nitrogen and oxygen atoms in total. The molecule has 9 heteroatoms. The van der Waals surface area contributed by atoms with E-state index in [1.54, 1.807) is 18.7 Å². The van der Waals surface area contributed by atoms with E-state index in [1.807, 2.05) is 6.07 Å². The topological polar surface area (TPSA) is 61.2 Å². The van der Waals surface area contributed by atoms with Gasteiger partial charge in [-0.3, -0.25) is 4.68 Å². The van der Waals surface area contributed by atoms with Gasteiger partial charge in [0.1, 0.15) is 6.10 Å². The molecule has 0 amide bonds. The Labute approximate surface area is 167 Å². The van der Waals surface area contributed by atoms with Crippen molar-refractivity contribution in [2.45, 2.75) is 60.4 Å². The summed E-state index contributed by atoms with van der Waals surface area (Å²) in [6.07, 6.45) is -2.49. The van der Waals surface area contributed by atoms with Crippen molar-refractivity contribution in [3.8, 4) is 0 Å². The van der Waals surface area contributed by atoms with Crippen molar-refractivity contribution >= 4 is 9.84 Å². The second-order valence-corrected chi connectivity index (χ2v) is 10.6. The molecule has 0 N–H and O–H groups in total.